The maximum Gasteiger partial charge on any atom is 0.261 e. The van der Waals surface area contributed by atoms with Gasteiger partial charge in [0.25, 0.3) is 15.0 Å². The van der Waals surface area contributed by atoms with Crippen LogP contribution in [0.4, 0.5) is 0 Å². The number of hydrogen-bond acceptors (Lipinski definition) is 4. The lowest BCUT2D eigenvalue weighted by molar-refractivity contribution is 0.0956. The zero-order valence-electron chi connectivity index (χ0n) is 11.4. The lowest BCUT2D eigenvalue weighted by Gasteiger charge is -2.10. The highest BCUT2D eigenvalue weighted by Crippen LogP contribution is 2.24. The van der Waals surface area contributed by atoms with Gasteiger partial charge in [0.15, 0.2) is 0 Å². The molecule has 0 fully saturated rings. The minimum Gasteiger partial charge on any atom is -0.351 e. The van der Waals surface area contributed by atoms with Gasteiger partial charge in [-0.2, -0.15) is 0 Å². The van der Waals surface area contributed by atoms with Crippen LogP contribution in [0.5, 0.6) is 0 Å². The maximum absolute atomic E-state index is 11.9. The van der Waals surface area contributed by atoms with Gasteiger partial charge in [0, 0.05) is 45.6 Å². The normalized spacial score (nSPS) is 13.0. The summed E-state index contributed by atoms with van der Waals surface area (Å²) in [7, 11) is 0.460. The van der Waals surface area contributed by atoms with Crippen molar-refractivity contribution in [3.05, 3.63) is 28.8 Å². The van der Waals surface area contributed by atoms with Crippen LogP contribution in [0, 0.1) is 13.8 Å². The molecule has 0 saturated heterocycles. The number of hydrogen-bond donors (Lipinski definition) is 1. The molecule has 20 heavy (non-hydrogen) atoms. The van der Waals surface area contributed by atoms with E-state index in [1.54, 1.807) is 26.2 Å². The van der Waals surface area contributed by atoms with E-state index in [4.69, 9.17) is 10.7 Å². The minimum absolute atomic E-state index is 0.0663. The molecule has 0 radical (unpaired) electrons. The Balaban J connectivity index is 3.05. The van der Waals surface area contributed by atoms with Gasteiger partial charge in [0.2, 0.25) is 0 Å². The number of halogens is 1. The summed E-state index contributed by atoms with van der Waals surface area (Å²) in [6.07, 6.45) is 1.54. The van der Waals surface area contributed by atoms with E-state index in [9.17, 15) is 17.4 Å². The van der Waals surface area contributed by atoms with E-state index in [1.807, 2.05) is 0 Å². The first-order valence-corrected chi connectivity index (χ1v) is 9.80. The molecular formula is C12H16ClNO4S2. The van der Waals surface area contributed by atoms with Crippen molar-refractivity contribution in [2.24, 2.45) is 0 Å². The molecule has 0 saturated carbocycles. The van der Waals surface area contributed by atoms with E-state index in [1.165, 1.54) is 6.07 Å². The lowest BCUT2D eigenvalue weighted by Crippen LogP contribution is -2.27. The molecule has 1 N–H and O–H groups in total. The van der Waals surface area contributed by atoms with E-state index in [-0.39, 0.29) is 17.0 Å². The average Bonchev–Trinajstić information content (AvgIpc) is 2.30. The number of amides is 1. The molecule has 0 aromatic heterocycles. The van der Waals surface area contributed by atoms with E-state index >= 15 is 0 Å². The number of benzene rings is 1. The summed E-state index contributed by atoms with van der Waals surface area (Å²) in [5, 5.41) is 2.59. The van der Waals surface area contributed by atoms with Crippen molar-refractivity contribution < 1.29 is 17.4 Å². The first-order chi connectivity index (χ1) is 9.12. The summed E-state index contributed by atoms with van der Waals surface area (Å²) in [5.41, 5.74) is 1.40. The highest BCUT2D eigenvalue weighted by molar-refractivity contribution is 8.13. The van der Waals surface area contributed by atoms with Crippen LogP contribution in [-0.4, -0.2) is 37.1 Å². The number of rotatable bonds is 5. The Hall–Kier alpha value is -0.920. The summed E-state index contributed by atoms with van der Waals surface area (Å²) >= 11 is 0. The molecule has 0 aliphatic carbocycles. The van der Waals surface area contributed by atoms with Crippen LogP contribution < -0.4 is 5.32 Å². The first-order valence-electron chi connectivity index (χ1n) is 5.77. The molecule has 112 valence electrons. The number of carbonyl (C=O) groups excluding carboxylic acids is 1. The van der Waals surface area contributed by atoms with Gasteiger partial charge in [-0.15, -0.1) is 0 Å². The quantitative estimate of drug-likeness (QED) is 0.822. The zero-order valence-corrected chi connectivity index (χ0v) is 13.8. The monoisotopic (exact) mass is 337 g/mol. The highest BCUT2D eigenvalue weighted by atomic mass is 35.7. The maximum atomic E-state index is 11.9. The number of nitrogens with one attached hydrogen (secondary N) is 1. The van der Waals surface area contributed by atoms with Crippen molar-refractivity contribution in [3.8, 4) is 0 Å². The molecule has 0 aliphatic heterocycles. The van der Waals surface area contributed by atoms with E-state index in [2.05, 4.69) is 5.32 Å². The van der Waals surface area contributed by atoms with Crippen LogP contribution in [0.1, 0.15) is 21.5 Å². The van der Waals surface area contributed by atoms with Crippen LogP contribution in [0.2, 0.25) is 0 Å². The Morgan fingerprint density at radius 3 is 2.45 bits per heavy atom. The van der Waals surface area contributed by atoms with Crippen LogP contribution in [0.3, 0.4) is 0 Å². The van der Waals surface area contributed by atoms with Gasteiger partial charge in [0.05, 0.1) is 4.90 Å². The Kier molecular flexibility index (Phi) is 5.73. The van der Waals surface area contributed by atoms with Crippen molar-refractivity contribution >= 4 is 36.4 Å². The van der Waals surface area contributed by atoms with Crippen molar-refractivity contribution in [2.75, 3.05) is 18.6 Å². The van der Waals surface area contributed by atoms with Gasteiger partial charge in [-0.1, -0.05) is 0 Å². The summed E-state index contributed by atoms with van der Waals surface area (Å²) in [5.74, 6) is -0.0721. The van der Waals surface area contributed by atoms with E-state index in [0.717, 1.165) is 0 Å². The second-order valence-electron chi connectivity index (χ2n) is 4.39. The fourth-order valence-electron chi connectivity index (χ4n) is 1.62. The Morgan fingerprint density at radius 1 is 1.35 bits per heavy atom. The van der Waals surface area contributed by atoms with E-state index < -0.39 is 25.8 Å². The Morgan fingerprint density at radius 2 is 1.95 bits per heavy atom. The Bertz CT molecular complexity index is 656. The third-order valence-corrected chi connectivity index (χ3v) is 5.05. The van der Waals surface area contributed by atoms with Gasteiger partial charge in [-0.05, 0) is 37.1 Å². The van der Waals surface area contributed by atoms with Crippen molar-refractivity contribution in [2.45, 2.75) is 18.7 Å². The van der Waals surface area contributed by atoms with Crippen molar-refractivity contribution in [3.63, 3.8) is 0 Å². The fourth-order valence-corrected chi connectivity index (χ4v) is 3.29. The molecule has 1 aromatic rings. The van der Waals surface area contributed by atoms with Gasteiger partial charge in [-0.25, -0.2) is 8.42 Å². The standard InChI is InChI=1S/C12H16ClNO4S2/c1-8-6-10(12(15)14-4-5-19(3)16)7-11(9(8)2)20(13,17)18/h6-7H,4-5H2,1-3H3,(H,14,15). The summed E-state index contributed by atoms with van der Waals surface area (Å²) in [6.45, 7) is 3.60. The van der Waals surface area contributed by atoms with Crippen LogP contribution >= 0.6 is 10.7 Å². The first kappa shape index (κ1) is 17.1. The topological polar surface area (TPSA) is 80.3 Å². The van der Waals surface area contributed by atoms with Crippen LogP contribution in [0.15, 0.2) is 17.0 Å². The third kappa shape index (κ3) is 4.57. The molecule has 1 rings (SSSR count). The molecule has 8 heteroatoms. The Labute approximate surface area is 125 Å². The predicted octanol–water partition coefficient (Wildman–Crippen LogP) is 1.34. The SMILES string of the molecule is Cc1cc(C(=O)NCCS(C)=O)cc(S(=O)(=O)Cl)c1C. The summed E-state index contributed by atoms with van der Waals surface area (Å²) < 4.78 is 33.9. The molecule has 0 spiro atoms. The van der Waals surface area contributed by atoms with Gasteiger partial charge >= 0.3 is 0 Å². The van der Waals surface area contributed by atoms with E-state index in [0.29, 0.717) is 16.9 Å². The summed E-state index contributed by atoms with van der Waals surface area (Å²) in [6, 6.07) is 2.85. The highest BCUT2D eigenvalue weighted by Gasteiger charge is 2.18. The number of carbonyl (C=O) groups is 1. The largest absolute Gasteiger partial charge is 0.351 e. The van der Waals surface area contributed by atoms with Crippen molar-refractivity contribution in [1.29, 1.82) is 0 Å². The minimum atomic E-state index is -3.90. The zero-order chi connectivity index (χ0) is 15.5. The number of aryl methyl sites for hydroxylation is 1. The molecule has 0 bridgehead atoms. The van der Waals surface area contributed by atoms with Gasteiger partial charge < -0.3 is 5.32 Å². The molecule has 1 atom stereocenters. The molecule has 5 nitrogen and oxygen atoms in total. The lowest BCUT2D eigenvalue weighted by atomic mass is 10.1. The third-order valence-electron chi connectivity index (χ3n) is 2.82. The van der Waals surface area contributed by atoms with Crippen LogP contribution in [0.25, 0.3) is 0 Å². The second-order valence-corrected chi connectivity index (χ2v) is 8.48. The molecule has 1 amide bonds. The molecule has 1 unspecified atom stereocenters. The van der Waals surface area contributed by atoms with Gasteiger partial charge in [0.1, 0.15) is 0 Å². The second kappa shape index (κ2) is 6.69. The average molecular weight is 338 g/mol. The smallest absolute Gasteiger partial charge is 0.261 e. The summed E-state index contributed by atoms with van der Waals surface area (Å²) in [4.78, 5) is 11.9. The predicted molar refractivity (Wildman–Crippen MR) is 80.2 cm³/mol. The molecular weight excluding hydrogens is 322 g/mol. The molecule has 0 heterocycles. The molecule has 0 aliphatic rings. The van der Waals surface area contributed by atoms with Crippen LogP contribution in [-0.2, 0) is 19.9 Å². The molecule has 1 aromatic carbocycles. The van der Waals surface area contributed by atoms with Crippen molar-refractivity contribution in [1.82, 2.24) is 5.32 Å². The van der Waals surface area contributed by atoms with Gasteiger partial charge in [-0.3, -0.25) is 9.00 Å². The fraction of sp³-hybridized carbons (Fsp3) is 0.417.